The van der Waals surface area contributed by atoms with Gasteiger partial charge < -0.3 is 4.98 Å². The molecule has 1 heterocycles. The SMILES string of the molecule is O=C(c1cc(Br)ccc1I)c1c[nH]c2cc(Cl)cc(Cl)c12. The molecular formula is C15H7BrCl2INO. The minimum Gasteiger partial charge on any atom is -0.360 e. The standard InChI is InChI=1S/C15H7BrCl2INO/c16-7-1-2-12(19)9(3-7)15(21)10-6-20-13-5-8(17)4-11(18)14(10)13/h1-6,20H. The lowest BCUT2D eigenvalue weighted by Crippen LogP contribution is -2.03. The molecule has 0 bridgehead atoms. The number of ketones is 1. The van der Waals surface area contributed by atoms with E-state index in [-0.39, 0.29) is 5.78 Å². The Bertz CT molecular complexity index is 875. The van der Waals surface area contributed by atoms with E-state index in [1.165, 1.54) is 0 Å². The smallest absolute Gasteiger partial charge is 0.196 e. The summed E-state index contributed by atoms with van der Waals surface area (Å²) in [5.74, 6) is -0.0730. The maximum Gasteiger partial charge on any atom is 0.196 e. The van der Waals surface area contributed by atoms with Crippen LogP contribution in [-0.2, 0) is 0 Å². The summed E-state index contributed by atoms with van der Waals surface area (Å²) < 4.78 is 1.75. The Morgan fingerprint density at radius 3 is 2.67 bits per heavy atom. The summed E-state index contributed by atoms with van der Waals surface area (Å²) in [6, 6.07) is 9.01. The lowest BCUT2D eigenvalue weighted by Gasteiger charge is -2.05. The molecule has 0 aliphatic heterocycles. The summed E-state index contributed by atoms with van der Waals surface area (Å²) >= 11 is 17.8. The van der Waals surface area contributed by atoms with Crippen LogP contribution in [0.2, 0.25) is 10.0 Å². The van der Waals surface area contributed by atoms with Gasteiger partial charge in [-0.05, 0) is 52.9 Å². The van der Waals surface area contributed by atoms with Crippen LogP contribution in [0.25, 0.3) is 10.9 Å². The highest BCUT2D eigenvalue weighted by molar-refractivity contribution is 14.1. The van der Waals surface area contributed by atoms with Gasteiger partial charge in [0.15, 0.2) is 5.78 Å². The fraction of sp³-hybridized carbons (Fsp3) is 0. The predicted molar refractivity (Wildman–Crippen MR) is 98.6 cm³/mol. The van der Waals surface area contributed by atoms with E-state index in [0.717, 1.165) is 13.6 Å². The number of fused-ring (bicyclic) bond motifs is 1. The number of hydrogen-bond donors (Lipinski definition) is 1. The molecule has 6 heteroatoms. The number of aromatic amines is 1. The van der Waals surface area contributed by atoms with Gasteiger partial charge in [-0.25, -0.2) is 0 Å². The van der Waals surface area contributed by atoms with Crippen molar-refractivity contribution in [2.75, 3.05) is 0 Å². The molecule has 106 valence electrons. The fourth-order valence-electron chi connectivity index (χ4n) is 2.18. The molecule has 0 aliphatic rings. The molecule has 2 nitrogen and oxygen atoms in total. The predicted octanol–water partition coefficient (Wildman–Crippen LogP) is 6.07. The van der Waals surface area contributed by atoms with Crippen LogP contribution in [0, 0.1) is 3.57 Å². The first-order chi connectivity index (χ1) is 9.97. The number of carbonyl (C=O) groups is 1. The largest absolute Gasteiger partial charge is 0.360 e. The molecule has 0 spiro atoms. The average molecular weight is 495 g/mol. The highest BCUT2D eigenvalue weighted by Crippen LogP contribution is 2.32. The molecule has 1 aromatic heterocycles. The Balaban J connectivity index is 2.21. The number of halogens is 4. The van der Waals surface area contributed by atoms with Gasteiger partial charge in [0.2, 0.25) is 0 Å². The van der Waals surface area contributed by atoms with E-state index < -0.39 is 0 Å². The molecule has 1 N–H and O–H groups in total. The monoisotopic (exact) mass is 493 g/mol. The molecule has 0 saturated heterocycles. The van der Waals surface area contributed by atoms with Crippen molar-refractivity contribution in [1.29, 1.82) is 0 Å². The van der Waals surface area contributed by atoms with Crippen molar-refractivity contribution in [3.8, 4) is 0 Å². The summed E-state index contributed by atoms with van der Waals surface area (Å²) in [5.41, 5.74) is 1.93. The maximum absolute atomic E-state index is 12.8. The Morgan fingerprint density at radius 2 is 1.90 bits per heavy atom. The van der Waals surface area contributed by atoms with Crippen LogP contribution in [0.5, 0.6) is 0 Å². The van der Waals surface area contributed by atoms with Crippen LogP contribution in [0.15, 0.2) is 41.0 Å². The molecule has 0 unspecified atom stereocenters. The quantitative estimate of drug-likeness (QED) is 0.340. The van der Waals surface area contributed by atoms with Crippen LogP contribution >= 0.6 is 61.7 Å². The van der Waals surface area contributed by atoms with Crippen LogP contribution < -0.4 is 0 Å². The van der Waals surface area contributed by atoms with Gasteiger partial charge in [0.1, 0.15) is 0 Å². The van der Waals surface area contributed by atoms with Crippen molar-refractivity contribution in [3.05, 3.63) is 65.7 Å². The number of rotatable bonds is 2. The first-order valence-electron chi connectivity index (χ1n) is 5.93. The summed E-state index contributed by atoms with van der Waals surface area (Å²) in [5, 5.41) is 1.69. The first kappa shape index (κ1) is 15.3. The number of nitrogens with one attached hydrogen (secondary N) is 1. The Morgan fingerprint density at radius 1 is 1.14 bits per heavy atom. The van der Waals surface area contributed by atoms with E-state index in [4.69, 9.17) is 23.2 Å². The minimum absolute atomic E-state index is 0.0730. The van der Waals surface area contributed by atoms with Crippen molar-refractivity contribution in [2.45, 2.75) is 0 Å². The number of hydrogen-bond acceptors (Lipinski definition) is 1. The van der Waals surface area contributed by atoms with Crippen molar-refractivity contribution in [3.63, 3.8) is 0 Å². The van der Waals surface area contributed by atoms with Gasteiger partial charge in [0, 0.05) is 41.3 Å². The van der Waals surface area contributed by atoms with E-state index in [9.17, 15) is 4.79 Å². The third-order valence-electron chi connectivity index (χ3n) is 3.11. The zero-order chi connectivity index (χ0) is 15.1. The summed E-state index contributed by atoms with van der Waals surface area (Å²) in [6.45, 7) is 0. The zero-order valence-corrected chi connectivity index (χ0v) is 15.6. The maximum atomic E-state index is 12.8. The number of carbonyl (C=O) groups excluding carboxylic acids is 1. The van der Waals surface area contributed by atoms with E-state index in [1.807, 2.05) is 18.2 Å². The van der Waals surface area contributed by atoms with Crippen molar-refractivity contribution < 1.29 is 4.79 Å². The number of H-pyrrole nitrogens is 1. The molecule has 21 heavy (non-hydrogen) atoms. The van der Waals surface area contributed by atoms with Gasteiger partial charge in [-0.3, -0.25) is 4.79 Å². The molecule has 0 fully saturated rings. The van der Waals surface area contributed by atoms with Crippen molar-refractivity contribution in [1.82, 2.24) is 4.98 Å². The molecule has 0 saturated carbocycles. The van der Waals surface area contributed by atoms with Gasteiger partial charge in [0.25, 0.3) is 0 Å². The second kappa shape index (κ2) is 5.91. The average Bonchev–Trinajstić information content (AvgIpc) is 2.84. The van der Waals surface area contributed by atoms with Crippen LogP contribution in [0.4, 0.5) is 0 Å². The van der Waals surface area contributed by atoms with Gasteiger partial charge in [0.05, 0.1) is 5.02 Å². The molecule has 0 amide bonds. The number of benzene rings is 2. The first-order valence-corrected chi connectivity index (χ1v) is 8.56. The van der Waals surface area contributed by atoms with Gasteiger partial charge in [-0.2, -0.15) is 0 Å². The second-order valence-electron chi connectivity index (χ2n) is 4.47. The summed E-state index contributed by atoms with van der Waals surface area (Å²) in [6.07, 6.45) is 1.67. The molecule has 0 aliphatic carbocycles. The Labute approximate surface area is 153 Å². The van der Waals surface area contributed by atoms with E-state index in [1.54, 1.807) is 18.3 Å². The van der Waals surface area contributed by atoms with Gasteiger partial charge >= 0.3 is 0 Å². The third-order valence-corrected chi connectivity index (χ3v) is 5.06. The molecule has 2 aromatic carbocycles. The lowest BCUT2D eigenvalue weighted by molar-refractivity contribution is 0.103. The Hall–Kier alpha value is -0.560. The number of aromatic nitrogens is 1. The highest BCUT2D eigenvalue weighted by atomic mass is 127. The van der Waals surface area contributed by atoms with Gasteiger partial charge in [-0.15, -0.1) is 0 Å². The van der Waals surface area contributed by atoms with Crippen molar-refractivity contribution >= 4 is 78.4 Å². The van der Waals surface area contributed by atoms with E-state index >= 15 is 0 Å². The topological polar surface area (TPSA) is 32.9 Å². The minimum atomic E-state index is -0.0730. The van der Waals surface area contributed by atoms with Crippen LogP contribution in [-0.4, -0.2) is 10.8 Å². The fourth-order valence-corrected chi connectivity index (χ4v) is 3.72. The zero-order valence-electron chi connectivity index (χ0n) is 10.4. The van der Waals surface area contributed by atoms with Crippen molar-refractivity contribution in [2.24, 2.45) is 0 Å². The van der Waals surface area contributed by atoms with Crippen LogP contribution in [0.3, 0.4) is 0 Å². The molecular weight excluding hydrogens is 488 g/mol. The third kappa shape index (κ3) is 2.86. The lowest BCUT2D eigenvalue weighted by atomic mass is 10.0. The second-order valence-corrected chi connectivity index (χ2v) is 7.39. The molecule has 0 atom stereocenters. The Kier molecular flexibility index (Phi) is 4.32. The van der Waals surface area contributed by atoms with Gasteiger partial charge in [-0.1, -0.05) is 39.1 Å². The summed E-state index contributed by atoms with van der Waals surface area (Å²) in [4.78, 5) is 15.8. The highest BCUT2D eigenvalue weighted by Gasteiger charge is 2.19. The van der Waals surface area contributed by atoms with E-state index in [0.29, 0.717) is 26.6 Å². The molecule has 3 aromatic rings. The molecule has 3 rings (SSSR count). The molecule has 0 radical (unpaired) electrons. The summed E-state index contributed by atoms with van der Waals surface area (Å²) in [7, 11) is 0. The normalized spacial score (nSPS) is 11.0. The van der Waals surface area contributed by atoms with E-state index in [2.05, 4.69) is 43.5 Å². The van der Waals surface area contributed by atoms with Crippen LogP contribution in [0.1, 0.15) is 15.9 Å².